The number of hydrogen-bond acceptors (Lipinski definition) is 7. The highest BCUT2D eigenvalue weighted by atomic mass is 35.5. The van der Waals surface area contributed by atoms with Crippen molar-refractivity contribution in [1.82, 2.24) is 19.7 Å². The summed E-state index contributed by atoms with van der Waals surface area (Å²) in [5.74, 6) is 1.83. The largest absolute Gasteiger partial charge is 0.495 e. The molecule has 4 aromatic rings. The number of carbonyl (C=O) groups is 1. The van der Waals surface area contributed by atoms with Crippen LogP contribution in [-0.2, 0) is 4.79 Å². The van der Waals surface area contributed by atoms with Gasteiger partial charge in [-0.15, -0.1) is 10.2 Å². The van der Waals surface area contributed by atoms with Crippen molar-refractivity contribution in [3.05, 3.63) is 72.0 Å². The highest BCUT2D eigenvalue weighted by Crippen LogP contribution is 2.30. The van der Waals surface area contributed by atoms with Gasteiger partial charge in [-0.2, -0.15) is 0 Å². The first-order valence-electron chi connectivity index (χ1n) is 10.4. The summed E-state index contributed by atoms with van der Waals surface area (Å²) >= 11 is 7.34. The number of ether oxygens (including phenoxy) is 2. The van der Waals surface area contributed by atoms with Crippen molar-refractivity contribution in [2.24, 2.45) is 0 Å². The molecule has 0 bridgehead atoms. The lowest BCUT2D eigenvalue weighted by molar-refractivity contribution is -0.113. The van der Waals surface area contributed by atoms with Crippen LogP contribution in [0.2, 0.25) is 5.02 Å². The van der Waals surface area contributed by atoms with Crippen molar-refractivity contribution in [3.8, 4) is 28.6 Å². The predicted molar refractivity (Wildman–Crippen MR) is 133 cm³/mol. The van der Waals surface area contributed by atoms with Gasteiger partial charge in [0.2, 0.25) is 5.91 Å². The summed E-state index contributed by atoms with van der Waals surface area (Å²) < 4.78 is 12.8. The Kier molecular flexibility index (Phi) is 7.66. The molecule has 0 unspecified atom stereocenters. The maximum Gasteiger partial charge on any atom is 0.234 e. The zero-order valence-corrected chi connectivity index (χ0v) is 20.1. The maximum absolute atomic E-state index is 12.7. The van der Waals surface area contributed by atoms with E-state index < -0.39 is 0 Å². The fourth-order valence-corrected chi connectivity index (χ4v) is 4.16. The Hall–Kier alpha value is -3.56. The van der Waals surface area contributed by atoms with Crippen molar-refractivity contribution in [2.45, 2.75) is 12.1 Å². The number of methoxy groups -OCH3 is 1. The van der Waals surface area contributed by atoms with Crippen LogP contribution >= 0.6 is 23.4 Å². The van der Waals surface area contributed by atoms with Gasteiger partial charge in [0.15, 0.2) is 11.0 Å². The van der Waals surface area contributed by atoms with Crippen LogP contribution in [0.3, 0.4) is 0 Å². The van der Waals surface area contributed by atoms with E-state index in [0.717, 1.165) is 17.0 Å². The van der Waals surface area contributed by atoms with E-state index in [1.165, 1.54) is 18.9 Å². The van der Waals surface area contributed by atoms with Crippen LogP contribution in [0.25, 0.3) is 17.1 Å². The third kappa shape index (κ3) is 5.49. The molecule has 0 saturated heterocycles. The molecule has 0 aliphatic rings. The smallest absolute Gasteiger partial charge is 0.234 e. The topological polar surface area (TPSA) is 91.2 Å². The molecule has 0 radical (unpaired) electrons. The maximum atomic E-state index is 12.7. The minimum atomic E-state index is -0.225. The molecule has 0 aliphatic heterocycles. The van der Waals surface area contributed by atoms with Gasteiger partial charge in [-0.05, 0) is 61.5 Å². The van der Waals surface area contributed by atoms with Gasteiger partial charge in [-0.3, -0.25) is 14.3 Å². The molecular weight excluding hydrogens is 474 g/mol. The molecule has 0 fully saturated rings. The number of thioether (sulfide) groups is 1. The fraction of sp³-hybridized carbons (Fsp3) is 0.167. The summed E-state index contributed by atoms with van der Waals surface area (Å²) in [6.07, 6.45) is 3.40. The highest BCUT2D eigenvalue weighted by molar-refractivity contribution is 7.99. The molecule has 0 aliphatic carbocycles. The van der Waals surface area contributed by atoms with E-state index in [1.807, 2.05) is 47.9 Å². The van der Waals surface area contributed by atoms with Crippen molar-refractivity contribution >= 4 is 35.0 Å². The molecule has 34 heavy (non-hydrogen) atoms. The Labute approximate surface area is 206 Å². The summed E-state index contributed by atoms with van der Waals surface area (Å²) in [5, 5.41) is 12.7. The lowest BCUT2D eigenvalue weighted by atomic mass is 10.2. The number of halogens is 1. The summed E-state index contributed by atoms with van der Waals surface area (Å²) in [7, 11) is 1.54. The Morgan fingerprint density at radius 1 is 1.09 bits per heavy atom. The summed E-state index contributed by atoms with van der Waals surface area (Å²) in [6, 6.07) is 16.4. The van der Waals surface area contributed by atoms with Gasteiger partial charge in [0, 0.05) is 28.7 Å². The number of rotatable bonds is 9. The average molecular weight is 496 g/mol. The molecule has 10 heteroatoms. The number of nitrogens with one attached hydrogen (secondary N) is 1. The molecule has 1 amide bonds. The second kappa shape index (κ2) is 11.0. The number of aromatic nitrogens is 4. The molecule has 2 aromatic heterocycles. The zero-order valence-electron chi connectivity index (χ0n) is 18.6. The minimum absolute atomic E-state index is 0.112. The van der Waals surface area contributed by atoms with Crippen LogP contribution in [0.4, 0.5) is 5.69 Å². The lowest BCUT2D eigenvalue weighted by Gasteiger charge is -2.12. The highest BCUT2D eigenvalue weighted by Gasteiger charge is 2.18. The van der Waals surface area contributed by atoms with Crippen LogP contribution in [0, 0.1) is 0 Å². The normalized spacial score (nSPS) is 10.7. The number of amides is 1. The number of carbonyl (C=O) groups excluding carboxylic acids is 1. The summed E-state index contributed by atoms with van der Waals surface area (Å²) in [6.45, 7) is 2.52. The third-order valence-electron chi connectivity index (χ3n) is 4.75. The van der Waals surface area contributed by atoms with Gasteiger partial charge in [0.05, 0.1) is 25.2 Å². The summed E-state index contributed by atoms with van der Waals surface area (Å²) in [4.78, 5) is 16.8. The van der Waals surface area contributed by atoms with Crippen LogP contribution in [0.5, 0.6) is 11.5 Å². The fourth-order valence-electron chi connectivity index (χ4n) is 3.24. The Bertz CT molecular complexity index is 1270. The monoisotopic (exact) mass is 495 g/mol. The van der Waals surface area contributed by atoms with Gasteiger partial charge in [0.1, 0.15) is 11.5 Å². The van der Waals surface area contributed by atoms with Crippen LogP contribution in [-0.4, -0.2) is 45.1 Å². The van der Waals surface area contributed by atoms with Gasteiger partial charge in [0.25, 0.3) is 0 Å². The Morgan fingerprint density at radius 2 is 1.85 bits per heavy atom. The molecular formula is C24H22ClN5O3S. The van der Waals surface area contributed by atoms with Crippen LogP contribution in [0.1, 0.15) is 6.92 Å². The van der Waals surface area contributed by atoms with E-state index in [-0.39, 0.29) is 11.7 Å². The first-order chi connectivity index (χ1) is 16.6. The van der Waals surface area contributed by atoms with Crippen molar-refractivity contribution < 1.29 is 14.3 Å². The molecule has 1 N–H and O–H groups in total. The Morgan fingerprint density at radius 3 is 2.56 bits per heavy atom. The summed E-state index contributed by atoms with van der Waals surface area (Å²) in [5.41, 5.74) is 2.21. The van der Waals surface area contributed by atoms with Crippen LogP contribution < -0.4 is 14.8 Å². The van der Waals surface area contributed by atoms with Crippen molar-refractivity contribution in [1.29, 1.82) is 0 Å². The van der Waals surface area contributed by atoms with Gasteiger partial charge in [-0.25, -0.2) is 0 Å². The van der Waals surface area contributed by atoms with E-state index in [2.05, 4.69) is 20.5 Å². The lowest BCUT2D eigenvalue weighted by Crippen LogP contribution is -2.15. The number of hydrogen-bond donors (Lipinski definition) is 1. The Balaban J connectivity index is 1.59. The SMILES string of the molecule is CCOc1ccc(-n2c(SCC(=O)Nc3cc(Cl)ccc3OC)nnc2-c2ccncc2)cc1. The molecule has 8 nitrogen and oxygen atoms in total. The standard InChI is InChI=1S/C24H22ClN5O3S/c1-3-33-19-7-5-18(6-8-19)30-23(16-10-12-26-13-11-16)28-29-24(30)34-15-22(31)27-20-14-17(25)4-9-21(20)32-2/h4-14H,3,15H2,1-2H3,(H,27,31). The number of pyridine rings is 1. The number of benzene rings is 2. The zero-order chi connectivity index (χ0) is 23.9. The van der Waals surface area contributed by atoms with Gasteiger partial charge >= 0.3 is 0 Å². The van der Waals surface area contributed by atoms with Gasteiger partial charge in [-0.1, -0.05) is 23.4 Å². The first kappa shape index (κ1) is 23.6. The van der Waals surface area contributed by atoms with E-state index >= 15 is 0 Å². The van der Waals surface area contributed by atoms with E-state index in [9.17, 15) is 4.79 Å². The third-order valence-corrected chi connectivity index (χ3v) is 5.91. The average Bonchev–Trinajstić information content (AvgIpc) is 3.28. The minimum Gasteiger partial charge on any atom is -0.495 e. The molecule has 0 saturated carbocycles. The second-order valence-corrected chi connectivity index (χ2v) is 8.36. The molecule has 174 valence electrons. The number of nitrogens with zero attached hydrogens (tertiary/aromatic N) is 4. The quantitative estimate of drug-likeness (QED) is 0.322. The van der Waals surface area contributed by atoms with Crippen LogP contribution in [0.15, 0.2) is 72.1 Å². The molecule has 2 heterocycles. The molecule has 0 spiro atoms. The second-order valence-electron chi connectivity index (χ2n) is 6.99. The van der Waals surface area contributed by atoms with E-state index in [0.29, 0.717) is 34.0 Å². The van der Waals surface area contributed by atoms with Crippen molar-refractivity contribution in [2.75, 3.05) is 24.8 Å². The van der Waals surface area contributed by atoms with Gasteiger partial charge < -0.3 is 14.8 Å². The molecule has 2 aromatic carbocycles. The first-order valence-corrected chi connectivity index (χ1v) is 11.8. The molecule has 4 rings (SSSR count). The van der Waals surface area contributed by atoms with Crippen molar-refractivity contribution in [3.63, 3.8) is 0 Å². The number of anilines is 1. The predicted octanol–water partition coefficient (Wildman–Crippen LogP) is 5.12. The van der Waals surface area contributed by atoms with E-state index in [1.54, 1.807) is 30.6 Å². The molecule has 0 atom stereocenters. The van der Waals surface area contributed by atoms with E-state index in [4.69, 9.17) is 21.1 Å².